The normalized spacial score (nSPS) is 31.5. The van der Waals surface area contributed by atoms with E-state index in [4.69, 9.17) is 19.3 Å². The van der Waals surface area contributed by atoms with E-state index in [2.05, 4.69) is 50.9 Å². The molecule has 0 unspecified atom stereocenters. The number of hydrogen-bond donors (Lipinski definition) is 3. The van der Waals surface area contributed by atoms with Crippen molar-refractivity contribution in [1.82, 2.24) is 4.90 Å². The highest BCUT2D eigenvalue weighted by Crippen LogP contribution is 2.79. The molecule has 54 heavy (non-hydrogen) atoms. The number of aliphatic hydroxyl groups is 1. The fourth-order valence-corrected chi connectivity index (χ4v) is 11.5. The number of benzene rings is 3. The summed E-state index contributed by atoms with van der Waals surface area (Å²) in [6, 6.07) is 16.3. The third kappa shape index (κ3) is 5.01. The van der Waals surface area contributed by atoms with Crippen LogP contribution < -0.4 is 19.5 Å². The Morgan fingerprint density at radius 1 is 0.926 bits per heavy atom. The van der Waals surface area contributed by atoms with Crippen LogP contribution in [0.4, 0.5) is 10.5 Å². The molecule has 7 aliphatic rings. The van der Waals surface area contributed by atoms with Crippen LogP contribution in [0.1, 0.15) is 105 Å². The van der Waals surface area contributed by atoms with Gasteiger partial charge in [-0.3, -0.25) is 10.2 Å². The van der Waals surface area contributed by atoms with Gasteiger partial charge in [-0.2, -0.15) is 0 Å². The number of carboxylic acid groups (broad SMARTS) is 1. The van der Waals surface area contributed by atoms with Crippen LogP contribution in [0.15, 0.2) is 60.7 Å². The van der Waals surface area contributed by atoms with Gasteiger partial charge in [0.25, 0.3) is 0 Å². The zero-order valence-electron chi connectivity index (χ0n) is 31.7. The number of rotatable bonds is 8. The van der Waals surface area contributed by atoms with Gasteiger partial charge in [-0.15, -0.1) is 0 Å². The number of aromatic carboxylic acids is 1. The van der Waals surface area contributed by atoms with Crippen LogP contribution in [-0.4, -0.2) is 64.0 Å². The molecule has 2 aliphatic heterocycles. The predicted octanol–water partition coefficient (Wildman–Crippen LogP) is 7.86. The number of nitrogens with one attached hydrogen (secondary N) is 1. The van der Waals surface area contributed by atoms with Gasteiger partial charge in [-0.1, -0.05) is 33.8 Å². The number of carbonyl (C=O) groups excluding carboxylic acids is 2. The minimum Gasteiger partial charge on any atom is -0.485 e. The number of carbonyl (C=O) groups is 3. The first-order chi connectivity index (χ1) is 25.6. The lowest BCUT2D eigenvalue weighted by atomic mass is 9.31. The van der Waals surface area contributed by atoms with Crippen molar-refractivity contribution >= 4 is 23.7 Å². The van der Waals surface area contributed by atoms with Gasteiger partial charge in [-0.25, -0.2) is 14.4 Å². The lowest BCUT2D eigenvalue weighted by Crippen LogP contribution is -2.80. The molecule has 4 bridgehead atoms. The van der Waals surface area contributed by atoms with E-state index in [-0.39, 0.29) is 50.6 Å². The first-order valence-corrected chi connectivity index (χ1v) is 19.5. The molecule has 3 aromatic carbocycles. The monoisotopic (exact) mass is 734 g/mol. The number of carboxylic acids is 1. The minimum atomic E-state index is -1.07. The lowest BCUT2D eigenvalue weighted by Gasteiger charge is -2.75. The zero-order chi connectivity index (χ0) is 38.0. The van der Waals surface area contributed by atoms with Crippen molar-refractivity contribution in [1.29, 1.82) is 0 Å². The molecule has 7 atom stereocenters. The molecular formula is C44H50N2O8. The summed E-state index contributed by atoms with van der Waals surface area (Å²) in [6.07, 6.45) is 6.83. The van der Waals surface area contributed by atoms with Gasteiger partial charge in [0.15, 0.2) is 11.5 Å². The average molecular weight is 735 g/mol. The number of fused-ring (bicyclic) bond motifs is 2. The second-order valence-electron chi connectivity index (χ2n) is 18.4. The topological polar surface area (TPSA) is 135 Å². The molecule has 10 nitrogen and oxygen atoms in total. The van der Waals surface area contributed by atoms with E-state index in [0.29, 0.717) is 23.2 Å². The van der Waals surface area contributed by atoms with Gasteiger partial charge in [0.2, 0.25) is 0 Å². The van der Waals surface area contributed by atoms with Crippen LogP contribution in [0, 0.1) is 28.1 Å². The maximum Gasteiger partial charge on any atom is 0.417 e. The smallest absolute Gasteiger partial charge is 0.417 e. The fourth-order valence-electron chi connectivity index (χ4n) is 11.5. The molecular weight excluding hydrogens is 684 g/mol. The van der Waals surface area contributed by atoms with Crippen molar-refractivity contribution < 1.29 is 38.8 Å². The van der Waals surface area contributed by atoms with Gasteiger partial charge >= 0.3 is 18.0 Å². The highest BCUT2D eigenvalue weighted by Gasteiger charge is 2.80. The van der Waals surface area contributed by atoms with Crippen molar-refractivity contribution in [2.45, 2.75) is 103 Å². The highest BCUT2D eigenvalue weighted by atomic mass is 16.6. The molecule has 4 saturated carbocycles. The van der Waals surface area contributed by atoms with Crippen LogP contribution in [0.2, 0.25) is 0 Å². The maximum absolute atomic E-state index is 13.5. The van der Waals surface area contributed by atoms with E-state index in [9.17, 15) is 19.5 Å². The zero-order valence-corrected chi connectivity index (χ0v) is 31.7. The standard InChI is InChI=1S/C44H50N2O8/c1-40(2,3)42(5,51)32-23-43-19-18-41(32,4)38-44(43)20-21-46(24-25-6-7-25)33(43)22-28-12-17-31(35(54-38)34(28)44)53-39(50)45-29-13-8-27(9-14-29)37(49)52-30-15-10-26(11-16-30)36(47)48/h8-17,25,32-33,38,51H,6-7,18-24H2,1-5H3,(H,45,50)(H,47,48)/t32-,33+,38-,41+,42+,43+,44-/m0/s1. The van der Waals surface area contributed by atoms with Crippen LogP contribution in [-0.2, 0) is 11.8 Å². The first kappa shape index (κ1) is 35.3. The third-order valence-electron chi connectivity index (χ3n) is 14.9. The summed E-state index contributed by atoms with van der Waals surface area (Å²) < 4.78 is 18.7. The molecule has 10 heteroatoms. The average Bonchev–Trinajstić information content (AvgIpc) is 3.87. The summed E-state index contributed by atoms with van der Waals surface area (Å²) in [5, 5.41) is 24.4. The SMILES string of the molecule is CC(C)(C)[C@](C)(O)[C@H]1C[C@@]23CC[C@@]1(C)[C@@H]1Oc4c(OC(=O)Nc5ccc(C(=O)Oc6ccc(C(=O)O)cc6)cc5)ccc5c4[C@@]12CCN(CC1CC1)[C@@H]3C5. The van der Waals surface area contributed by atoms with Gasteiger partial charge in [0.05, 0.1) is 16.7 Å². The number of esters is 1. The van der Waals surface area contributed by atoms with E-state index in [1.54, 1.807) is 24.3 Å². The molecule has 1 amide bonds. The number of amides is 1. The lowest BCUT2D eigenvalue weighted by molar-refractivity contribution is -0.276. The summed E-state index contributed by atoms with van der Waals surface area (Å²) >= 11 is 0. The van der Waals surface area contributed by atoms with Crippen molar-refractivity contribution in [2.24, 2.45) is 28.1 Å². The van der Waals surface area contributed by atoms with Crippen molar-refractivity contribution in [3.05, 3.63) is 82.9 Å². The molecule has 284 valence electrons. The fraction of sp³-hybridized carbons (Fsp3) is 0.523. The molecule has 2 spiro atoms. The second-order valence-corrected chi connectivity index (χ2v) is 18.4. The van der Waals surface area contributed by atoms with Crippen LogP contribution >= 0.6 is 0 Å². The number of anilines is 1. The number of nitrogens with zero attached hydrogens (tertiary/aromatic N) is 1. The summed E-state index contributed by atoms with van der Waals surface area (Å²) in [7, 11) is 0. The van der Waals surface area contributed by atoms with Gasteiger partial charge in [0.1, 0.15) is 11.9 Å². The summed E-state index contributed by atoms with van der Waals surface area (Å²) in [4.78, 5) is 40.2. The van der Waals surface area contributed by atoms with E-state index >= 15 is 0 Å². The Morgan fingerprint density at radius 3 is 2.30 bits per heavy atom. The Bertz CT molecular complexity index is 2050. The summed E-state index contributed by atoms with van der Waals surface area (Å²) in [5.41, 5.74) is 1.55. The van der Waals surface area contributed by atoms with Crippen molar-refractivity contribution in [2.75, 3.05) is 18.4 Å². The number of hydrogen-bond acceptors (Lipinski definition) is 8. The molecule has 10 rings (SSSR count). The van der Waals surface area contributed by atoms with Crippen molar-refractivity contribution in [3.8, 4) is 17.2 Å². The van der Waals surface area contributed by atoms with E-state index < -0.39 is 23.6 Å². The molecule has 5 fully saturated rings. The highest BCUT2D eigenvalue weighted by molar-refractivity contribution is 5.93. The molecule has 2 heterocycles. The van der Waals surface area contributed by atoms with Gasteiger partial charge in [-0.05, 0) is 136 Å². The Labute approximate surface area is 316 Å². The Balaban J connectivity index is 0.990. The van der Waals surface area contributed by atoms with E-state index in [1.807, 2.05) is 6.07 Å². The predicted molar refractivity (Wildman–Crippen MR) is 201 cm³/mol. The summed E-state index contributed by atoms with van der Waals surface area (Å²) in [6.45, 7) is 13.1. The molecule has 5 aliphatic carbocycles. The molecule has 1 saturated heterocycles. The number of likely N-dealkylation sites (tertiary alicyclic amines) is 1. The summed E-state index contributed by atoms with van der Waals surface area (Å²) in [5.74, 6) is 0.458. The number of piperidine rings is 1. The van der Waals surface area contributed by atoms with Gasteiger partial charge in [0, 0.05) is 40.1 Å². The Morgan fingerprint density at radius 2 is 1.63 bits per heavy atom. The Hall–Kier alpha value is -4.41. The molecule has 0 aromatic heterocycles. The third-order valence-corrected chi connectivity index (χ3v) is 14.9. The van der Waals surface area contributed by atoms with Crippen LogP contribution in [0.5, 0.6) is 17.2 Å². The molecule has 3 aromatic rings. The number of ether oxygens (including phenoxy) is 3. The van der Waals surface area contributed by atoms with E-state index in [1.165, 1.54) is 48.2 Å². The van der Waals surface area contributed by atoms with Crippen LogP contribution in [0.3, 0.4) is 0 Å². The minimum absolute atomic E-state index is 0.0431. The van der Waals surface area contributed by atoms with Gasteiger partial charge < -0.3 is 24.4 Å². The molecule has 0 radical (unpaired) electrons. The van der Waals surface area contributed by atoms with E-state index in [0.717, 1.165) is 51.1 Å². The van der Waals surface area contributed by atoms with Crippen molar-refractivity contribution in [3.63, 3.8) is 0 Å². The van der Waals surface area contributed by atoms with Crippen LogP contribution in [0.25, 0.3) is 0 Å². The second kappa shape index (κ2) is 11.8. The Kier molecular flexibility index (Phi) is 7.71. The first-order valence-electron chi connectivity index (χ1n) is 19.5. The quantitative estimate of drug-likeness (QED) is 0.156. The molecule has 3 N–H and O–H groups in total. The largest absolute Gasteiger partial charge is 0.485 e. The maximum atomic E-state index is 13.5.